The molecule has 4 aliphatic rings. The highest BCUT2D eigenvalue weighted by molar-refractivity contribution is 9.11. The molecule has 2 aromatic heterocycles. The lowest BCUT2D eigenvalue weighted by molar-refractivity contribution is -0.137. The molecule has 528 valence electrons. The van der Waals surface area contributed by atoms with E-state index in [9.17, 15) is 19.2 Å². The molecule has 12 rings (SSSR count). The van der Waals surface area contributed by atoms with Crippen LogP contribution in [0.15, 0.2) is 146 Å². The van der Waals surface area contributed by atoms with E-state index in [4.69, 9.17) is 19.7 Å². The van der Waals surface area contributed by atoms with Gasteiger partial charge in [0.15, 0.2) is 0 Å². The Morgan fingerprint density at radius 2 is 0.899 bits per heavy atom. The van der Waals surface area contributed by atoms with Crippen LogP contribution in [0.1, 0.15) is 240 Å². The van der Waals surface area contributed by atoms with Crippen molar-refractivity contribution in [3.63, 3.8) is 0 Å². The number of halogens is 4. The number of aliphatic carboxylic acids is 1. The SMILES string of the molecule is CCCCCCC1(CCN)c2cc(Br)ccc2-c2ccc(Br)cc21.CCCCCCC1(CCNC(=O)CCCCN2c3cc4oc(=O)cc(C)c4cc3C(C)CC2(C)C)c2cc(Br)ccc2-c2ccc(Br)cc21.Cc1cc(=O)oc2cc3c(cc12)C(C)CC(C)(C)N3CCCCC(=O)O. The highest BCUT2D eigenvalue weighted by Gasteiger charge is 2.45. The van der Waals surface area contributed by atoms with Gasteiger partial charge >= 0.3 is 17.2 Å². The van der Waals surface area contributed by atoms with Crippen LogP contribution in [0.3, 0.4) is 0 Å². The third kappa shape index (κ3) is 16.8. The van der Waals surface area contributed by atoms with Gasteiger partial charge in [-0.3, -0.25) is 9.59 Å². The van der Waals surface area contributed by atoms with Gasteiger partial charge in [-0.2, -0.15) is 0 Å². The molecule has 15 heteroatoms. The summed E-state index contributed by atoms with van der Waals surface area (Å²) in [7, 11) is 0. The van der Waals surface area contributed by atoms with Crippen molar-refractivity contribution in [2.75, 3.05) is 36.0 Å². The zero-order valence-corrected chi connectivity index (χ0v) is 66.2. The summed E-state index contributed by atoms with van der Waals surface area (Å²) in [6.07, 6.45) is 20.1. The number of hydrogen-bond donors (Lipinski definition) is 3. The number of nitrogens with two attached hydrogens (primary N) is 1. The second-order valence-corrected chi connectivity index (χ2v) is 33.6. The van der Waals surface area contributed by atoms with Crippen LogP contribution in [0.2, 0.25) is 0 Å². The van der Waals surface area contributed by atoms with Crippen LogP contribution in [0.4, 0.5) is 11.4 Å². The lowest BCUT2D eigenvalue weighted by Crippen LogP contribution is -2.48. The van der Waals surface area contributed by atoms with Crippen molar-refractivity contribution in [1.82, 2.24) is 5.32 Å². The molecule has 2 unspecified atom stereocenters. The predicted molar refractivity (Wildman–Crippen MR) is 424 cm³/mol. The second-order valence-electron chi connectivity index (χ2n) is 29.9. The molecule has 0 saturated carbocycles. The fourth-order valence-electron chi connectivity index (χ4n) is 17.2. The first-order valence-electron chi connectivity index (χ1n) is 36.4. The van der Waals surface area contributed by atoms with Crippen molar-refractivity contribution in [2.24, 2.45) is 5.73 Å². The van der Waals surface area contributed by atoms with Crippen molar-refractivity contribution in [1.29, 1.82) is 0 Å². The summed E-state index contributed by atoms with van der Waals surface area (Å²) < 4.78 is 15.6. The molecule has 0 bridgehead atoms. The van der Waals surface area contributed by atoms with E-state index in [0.717, 1.165) is 122 Å². The standard InChI is InChI=1S/C42H50Br2N2O3.C21H25Br2N.C21H27NO4/c1-6-7-8-10-17-42(35-22-29(43)13-15-31(35)32-16-14-30(44)23-36(32)42)18-19-45-39(47)12-9-11-20-46-37-25-38-34(27(2)21-40(48)49-38)24-33(37)28(3)26-41(46,4)5;1-2-3-4-5-10-21(11-12-24)19-13-15(22)6-8-17(19)18-9-7-16(23)14-20(18)21;1-13-9-20(25)26-18-11-17-15(10-16(13)18)14(2)12-21(3,4)22(17)8-6-5-7-19(23)24/h13-16,21-25,28H,6-12,17-20,26H2,1-5H3,(H,45,47);6-9,13-14H,2-5,10-12,24H2,1H3;9-11,14H,5-8,12H2,1-4H3,(H,23,24). The van der Waals surface area contributed by atoms with Gasteiger partial charge in [0.25, 0.3) is 0 Å². The number of unbranched alkanes of at least 4 members (excludes halogenated alkanes) is 8. The van der Waals surface area contributed by atoms with Crippen molar-refractivity contribution in [3.8, 4) is 22.3 Å². The van der Waals surface area contributed by atoms with E-state index in [0.29, 0.717) is 48.9 Å². The lowest BCUT2D eigenvalue weighted by Gasteiger charge is -2.47. The zero-order valence-electron chi connectivity index (χ0n) is 59.9. The van der Waals surface area contributed by atoms with E-state index >= 15 is 0 Å². The van der Waals surface area contributed by atoms with Crippen molar-refractivity contribution in [2.45, 2.75) is 231 Å². The van der Waals surface area contributed by atoms with Crippen LogP contribution in [-0.4, -0.2) is 54.2 Å². The predicted octanol–water partition coefficient (Wildman–Crippen LogP) is 22.6. The average Bonchev–Trinajstić information content (AvgIpc) is 1.64. The van der Waals surface area contributed by atoms with Gasteiger partial charge in [-0.1, -0.05) is 167 Å². The number of aryl methyl sites for hydroxylation is 2. The lowest BCUT2D eigenvalue weighted by atomic mass is 9.71. The molecule has 2 atom stereocenters. The summed E-state index contributed by atoms with van der Waals surface area (Å²) in [4.78, 5) is 52.8. The van der Waals surface area contributed by atoms with Gasteiger partial charge in [0.05, 0.1) is 0 Å². The maximum Gasteiger partial charge on any atom is 0.336 e. The third-order valence-corrected chi connectivity index (χ3v) is 23.9. The number of rotatable bonds is 25. The van der Waals surface area contributed by atoms with Crippen molar-refractivity contribution >= 4 is 109 Å². The van der Waals surface area contributed by atoms with Crippen LogP contribution in [0.5, 0.6) is 0 Å². The number of carbonyl (C=O) groups excluding carboxylic acids is 1. The maximum absolute atomic E-state index is 13.3. The highest BCUT2D eigenvalue weighted by Crippen LogP contribution is 2.57. The first-order valence-corrected chi connectivity index (χ1v) is 39.5. The normalized spacial score (nSPS) is 16.9. The Hall–Kier alpha value is -5.84. The molecule has 0 fully saturated rings. The quantitative estimate of drug-likeness (QED) is 0.0371. The molecule has 2 aliphatic heterocycles. The summed E-state index contributed by atoms with van der Waals surface area (Å²) in [6.45, 7) is 25.0. The number of nitrogens with zero attached hydrogens (tertiary/aromatic N) is 2. The summed E-state index contributed by atoms with van der Waals surface area (Å²) in [5, 5.41) is 14.2. The van der Waals surface area contributed by atoms with Crippen LogP contribution in [0.25, 0.3) is 44.2 Å². The number of nitrogens with one attached hydrogen (secondary N) is 1. The van der Waals surface area contributed by atoms with Crippen LogP contribution < -0.4 is 32.1 Å². The Morgan fingerprint density at radius 1 is 0.515 bits per heavy atom. The molecular formula is C84H102Br4N4O7. The Morgan fingerprint density at radius 3 is 1.27 bits per heavy atom. The average molecular weight is 1600 g/mol. The fraction of sp³-hybridized carbons (Fsp3) is 0.476. The Balaban J connectivity index is 0.000000178. The Labute approximate surface area is 620 Å². The molecule has 8 aromatic rings. The molecule has 11 nitrogen and oxygen atoms in total. The molecule has 4 heterocycles. The van der Waals surface area contributed by atoms with Crippen LogP contribution >= 0.6 is 63.7 Å². The molecule has 6 aromatic carbocycles. The Bertz CT molecular complexity index is 4260. The summed E-state index contributed by atoms with van der Waals surface area (Å²) in [6, 6.07) is 38.4. The smallest absolute Gasteiger partial charge is 0.336 e. The van der Waals surface area contributed by atoms with Gasteiger partial charge in [-0.05, 0) is 252 Å². The van der Waals surface area contributed by atoms with Crippen molar-refractivity contribution < 1.29 is 23.5 Å². The fourth-order valence-corrected chi connectivity index (χ4v) is 18.6. The maximum atomic E-state index is 13.3. The number of carbonyl (C=O) groups is 2. The van der Waals surface area contributed by atoms with Gasteiger partial charge in [-0.25, -0.2) is 9.59 Å². The topological polar surface area (TPSA) is 159 Å². The molecular weight excluding hydrogens is 1500 g/mol. The summed E-state index contributed by atoms with van der Waals surface area (Å²) in [5.74, 6) is 0.183. The van der Waals surface area contributed by atoms with E-state index in [-0.39, 0.29) is 45.5 Å². The molecule has 2 aliphatic carbocycles. The Kier molecular flexibility index (Phi) is 25.0. The second kappa shape index (κ2) is 32.6. The minimum Gasteiger partial charge on any atom is -0.481 e. The highest BCUT2D eigenvalue weighted by atomic mass is 79.9. The molecule has 0 spiro atoms. The van der Waals surface area contributed by atoms with E-state index in [1.165, 1.54) is 113 Å². The molecule has 99 heavy (non-hydrogen) atoms. The zero-order chi connectivity index (χ0) is 71.1. The molecule has 0 saturated heterocycles. The van der Waals surface area contributed by atoms with Crippen molar-refractivity contribution in [3.05, 3.63) is 192 Å². The number of benzene rings is 6. The minimum atomic E-state index is -0.750. The summed E-state index contributed by atoms with van der Waals surface area (Å²) >= 11 is 14.9. The van der Waals surface area contributed by atoms with Gasteiger partial charge in [-0.15, -0.1) is 0 Å². The number of anilines is 2. The minimum absolute atomic E-state index is 0.0343. The number of carboxylic acids is 1. The largest absolute Gasteiger partial charge is 0.481 e. The van der Waals surface area contributed by atoms with E-state index in [1.807, 2.05) is 19.9 Å². The molecule has 4 N–H and O–H groups in total. The van der Waals surface area contributed by atoms with Crippen LogP contribution in [-0.2, 0) is 20.4 Å². The first kappa shape index (κ1) is 75.8. The summed E-state index contributed by atoms with van der Waals surface area (Å²) in [5.41, 5.74) is 24.3. The van der Waals surface area contributed by atoms with Gasteiger partial charge < -0.3 is 34.8 Å². The van der Waals surface area contributed by atoms with Crippen LogP contribution in [0, 0.1) is 13.8 Å². The monoisotopic (exact) mass is 1590 g/mol. The van der Waals surface area contributed by atoms with Gasteiger partial charge in [0.1, 0.15) is 11.2 Å². The first-order chi connectivity index (χ1) is 47.2. The van der Waals surface area contributed by atoms with E-state index in [2.05, 4.69) is 225 Å². The third-order valence-electron chi connectivity index (χ3n) is 21.9. The number of fused-ring (bicyclic) bond motifs is 10. The number of hydrogen-bond acceptors (Lipinski definition) is 9. The molecule has 1 amide bonds. The van der Waals surface area contributed by atoms with Gasteiger partial charge in [0.2, 0.25) is 5.91 Å². The molecule has 0 radical (unpaired) electrons. The van der Waals surface area contributed by atoms with E-state index < -0.39 is 5.97 Å². The number of amides is 1. The van der Waals surface area contributed by atoms with Gasteiger partial charge in [0, 0.05) is 119 Å². The van der Waals surface area contributed by atoms with E-state index in [1.54, 1.807) is 6.07 Å². The number of carboxylic acid groups (broad SMARTS) is 1.